The minimum Gasteiger partial charge on any atom is -0.463 e. The maximum Gasteiger partial charge on any atom is 0.343 e. The van der Waals surface area contributed by atoms with E-state index in [2.05, 4.69) is 0 Å². The standard InChI is InChI=1S/C18H22F2N2O3.ClH/c19-17(20)7-6-15(8-17)18(24,14-4-2-1-3-5-14)16(23)25-11-13-9-22(10-13)12-21;/h1-5,12-13,15,21,24H,6-11H2;1H. The number of halogens is 3. The molecule has 3 rings (SSSR count). The molecule has 1 aromatic carbocycles. The van der Waals surface area contributed by atoms with Gasteiger partial charge in [-0.3, -0.25) is 5.41 Å². The van der Waals surface area contributed by atoms with Crippen LogP contribution < -0.4 is 0 Å². The molecule has 1 aliphatic carbocycles. The number of carbonyl (C=O) groups excluding carboxylic acids is 1. The van der Waals surface area contributed by atoms with Gasteiger partial charge in [-0.2, -0.15) is 0 Å². The fourth-order valence-corrected chi connectivity index (χ4v) is 3.64. The number of carbonyl (C=O) groups is 1. The lowest BCUT2D eigenvalue weighted by atomic mass is 9.80. The van der Waals surface area contributed by atoms with Crippen molar-refractivity contribution in [3.63, 3.8) is 0 Å². The predicted molar refractivity (Wildman–Crippen MR) is 94.7 cm³/mol. The molecule has 0 bridgehead atoms. The van der Waals surface area contributed by atoms with Crippen molar-refractivity contribution in [2.45, 2.75) is 30.8 Å². The van der Waals surface area contributed by atoms with E-state index >= 15 is 0 Å². The van der Waals surface area contributed by atoms with Gasteiger partial charge in [-0.25, -0.2) is 13.6 Å². The van der Waals surface area contributed by atoms with E-state index in [0.717, 1.165) is 0 Å². The van der Waals surface area contributed by atoms with E-state index in [1.54, 1.807) is 35.2 Å². The van der Waals surface area contributed by atoms with Gasteiger partial charge in [0.05, 0.1) is 12.9 Å². The Hall–Kier alpha value is -1.73. The van der Waals surface area contributed by atoms with Crippen LogP contribution in [-0.2, 0) is 15.1 Å². The van der Waals surface area contributed by atoms with E-state index in [0.29, 0.717) is 13.1 Å². The van der Waals surface area contributed by atoms with E-state index in [1.165, 1.54) is 6.34 Å². The van der Waals surface area contributed by atoms with Crippen LogP contribution in [0.15, 0.2) is 30.3 Å². The minimum absolute atomic E-state index is 0. The van der Waals surface area contributed by atoms with Crippen LogP contribution in [0.4, 0.5) is 8.78 Å². The Kier molecular flexibility index (Phi) is 6.24. The molecule has 2 fully saturated rings. The van der Waals surface area contributed by atoms with Crippen LogP contribution in [0, 0.1) is 17.2 Å². The number of esters is 1. The molecule has 2 unspecified atom stereocenters. The zero-order valence-electron chi connectivity index (χ0n) is 14.2. The summed E-state index contributed by atoms with van der Waals surface area (Å²) >= 11 is 0. The van der Waals surface area contributed by atoms with Crippen LogP contribution in [-0.4, -0.2) is 47.9 Å². The van der Waals surface area contributed by atoms with E-state index in [9.17, 15) is 18.7 Å². The molecule has 0 radical (unpaired) electrons. The lowest BCUT2D eigenvalue weighted by molar-refractivity contribution is -0.177. The van der Waals surface area contributed by atoms with Crippen LogP contribution in [0.25, 0.3) is 0 Å². The number of ether oxygens (including phenoxy) is 1. The Bertz CT molecular complexity index is 641. The highest BCUT2D eigenvalue weighted by Crippen LogP contribution is 2.47. The summed E-state index contributed by atoms with van der Waals surface area (Å²) in [5.41, 5.74) is -1.77. The zero-order chi connectivity index (χ0) is 18.1. The third kappa shape index (κ3) is 3.99. The van der Waals surface area contributed by atoms with Gasteiger partial charge in [-0.15, -0.1) is 12.4 Å². The summed E-state index contributed by atoms with van der Waals surface area (Å²) in [6.07, 6.45) is 0.424. The maximum absolute atomic E-state index is 13.7. The highest BCUT2D eigenvalue weighted by atomic mass is 35.5. The second kappa shape index (κ2) is 7.88. The molecule has 1 saturated heterocycles. The quantitative estimate of drug-likeness (QED) is 0.446. The van der Waals surface area contributed by atoms with Crippen LogP contribution in [0.1, 0.15) is 24.8 Å². The molecule has 1 aliphatic heterocycles. The van der Waals surface area contributed by atoms with Gasteiger partial charge in [0.15, 0.2) is 5.60 Å². The molecule has 0 aromatic heterocycles. The molecule has 144 valence electrons. The first-order valence-electron chi connectivity index (χ1n) is 8.43. The average molecular weight is 389 g/mol. The first-order chi connectivity index (χ1) is 11.8. The second-order valence-corrected chi connectivity index (χ2v) is 6.98. The molecule has 1 aromatic rings. The fraction of sp³-hybridized carbons (Fsp3) is 0.556. The fourth-order valence-electron chi connectivity index (χ4n) is 3.64. The van der Waals surface area contributed by atoms with E-state index in [4.69, 9.17) is 10.1 Å². The van der Waals surface area contributed by atoms with Crippen LogP contribution >= 0.6 is 12.4 Å². The third-order valence-electron chi connectivity index (χ3n) is 5.14. The van der Waals surface area contributed by atoms with Gasteiger partial charge in [-0.05, 0) is 12.0 Å². The molecule has 2 N–H and O–H groups in total. The third-order valence-corrected chi connectivity index (χ3v) is 5.14. The minimum atomic E-state index is -2.87. The molecule has 26 heavy (non-hydrogen) atoms. The first kappa shape index (κ1) is 20.6. The van der Waals surface area contributed by atoms with E-state index in [1.807, 2.05) is 0 Å². The van der Waals surface area contributed by atoms with Gasteiger partial charge in [0, 0.05) is 37.8 Å². The summed E-state index contributed by atoms with van der Waals surface area (Å²) in [7, 11) is 0. The summed E-state index contributed by atoms with van der Waals surface area (Å²) < 4.78 is 32.7. The molecule has 0 spiro atoms. The molecule has 0 amide bonds. The van der Waals surface area contributed by atoms with E-state index < -0.39 is 29.8 Å². The number of alkyl halides is 2. The summed E-state index contributed by atoms with van der Waals surface area (Å²) in [4.78, 5) is 14.4. The molecular weight excluding hydrogens is 366 g/mol. The number of aliphatic hydroxyl groups is 1. The number of hydrogen-bond acceptors (Lipinski definition) is 4. The van der Waals surface area contributed by atoms with Crippen molar-refractivity contribution < 1.29 is 23.4 Å². The van der Waals surface area contributed by atoms with Gasteiger partial charge in [0.25, 0.3) is 0 Å². The van der Waals surface area contributed by atoms with Crippen molar-refractivity contribution in [1.82, 2.24) is 4.90 Å². The molecule has 2 atom stereocenters. The highest BCUT2D eigenvalue weighted by Gasteiger charge is 2.54. The number of nitrogens with zero attached hydrogens (tertiary/aromatic N) is 1. The number of nitrogens with one attached hydrogen (secondary N) is 1. The molecule has 1 saturated carbocycles. The van der Waals surface area contributed by atoms with Crippen molar-refractivity contribution in [3.05, 3.63) is 35.9 Å². The maximum atomic E-state index is 13.7. The number of likely N-dealkylation sites (tertiary alicyclic amines) is 1. The largest absolute Gasteiger partial charge is 0.463 e. The average Bonchev–Trinajstić information content (AvgIpc) is 2.94. The van der Waals surface area contributed by atoms with Crippen LogP contribution in [0.3, 0.4) is 0 Å². The Morgan fingerprint density at radius 2 is 2.04 bits per heavy atom. The second-order valence-electron chi connectivity index (χ2n) is 6.98. The smallest absolute Gasteiger partial charge is 0.343 e. The van der Waals surface area contributed by atoms with Gasteiger partial charge in [-0.1, -0.05) is 30.3 Å². The summed E-state index contributed by atoms with van der Waals surface area (Å²) in [6, 6.07) is 8.19. The molecule has 1 heterocycles. The SMILES string of the molecule is Cl.N=CN1CC(COC(=O)C(O)(c2ccccc2)C2CCC(F)(F)C2)C1. The molecule has 5 nitrogen and oxygen atoms in total. The van der Waals surface area contributed by atoms with Gasteiger partial charge < -0.3 is 14.7 Å². The molecular formula is C18H23ClF2N2O3. The number of benzene rings is 1. The van der Waals surface area contributed by atoms with E-state index in [-0.39, 0.29) is 43.3 Å². The Morgan fingerprint density at radius 3 is 2.58 bits per heavy atom. The monoisotopic (exact) mass is 388 g/mol. The zero-order valence-corrected chi connectivity index (χ0v) is 15.1. The van der Waals surface area contributed by atoms with Gasteiger partial charge in [0.2, 0.25) is 5.92 Å². The van der Waals surface area contributed by atoms with Gasteiger partial charge in [0.1, 0.15) is 0 Å². The van der Waals surface area contributed by atoms with Crippen molar-refractivity contribution >= 4 is 24.7 Å². The van der Waals surface area contributed by atoms with Crippen LogP contribution in [0.2, 0.25) is 0 Å². The topological polar surface area (TPSA) is 73.6 Å². The lowest BCUT2D eigenvalue weighted by Gasteiger charge is -2.38. The Balaban J connectivity index is 0.00000243. The highest BCUT2D eigenvalue weighted by molar-refractivity contribution is 5.85. The van der Waals surface area contributed by atoms with Crippen molar-refractivity contribution in [2.24, 2.45) is 11.8 Å². The predicted octanol–water partition coefficient (Wildman–Crippen LogP) is 2.81. The summed E-state index contributed by atoms with van der Waals surface area (Å²) in [6.45, 7) is 1.34. The van der Waals surface area contributed by atoms with Crippen molar-refractivity contribution in [2.75, 3.05) is 19.7 Å². The van der Waals surface area contributed by atoms with Crippen molar-refractivity contribution in [1.29, 1.82) is 5.41 Å². The summed E-state index contributed by atoms with van der Waals surface area (Å²) in [5.74, 6) is -4.52. The van der Waals surface area contributed by atoms with Crippen molar-refractivity contribution in [3.8, 4) is 0 Å². The number of rotatable bonds is 6. The summed E-state index contributed by atoms with van der Waals surface area (Å²) in [5, 5.41) is 18.2. The normalized spacial score (nSPS) is 24.1. The Morgan fingerprint density at radius 1 is 1.38 bits per heavy atom. The Labute approximate surface area is 157 Å². The van der Waals surface area contributed by atoms with Gasteiger partial charge >= 0.3 is 5.97 Å². The molecule has 8 heteroatoms. The first-order valence-corrected chi connectivity index (χ1v) is 8.43. The number of hydrogen-bond donors (Lipinski definition) is 2. The lowest BCUT2D eigenvalue weighted by Crippen LogP contribution is -2.49. The molecule has 2 aliphatic rings. The van der Waals surface area contributed by atoms with Crippen LogP contribution in [0.5, 0.6) is 0 Å².